The zero-order valence-electron chi connectivity index (χ0n) is 15.7. The molecule has 2 bridgehead atoms. The van der Waals surface area contributed by atoms with Crippen molar-refractivity contribution < 1.29 is 24.9 Å². The molecular formula is C20H32O5. The summed E-state index contributed by atoms with van der Waals surface area (Å²) in [5.74, 6) is -0.339. The predicted octanol–water partition coefficient (Wildman–Crippen LogP) is 1.53. The summed E-state index contributed by atoms with van der Waals surface area (Å²) in [6.45, 7) is 8.46. The van der Waals surface area contributed by atoms with Crippen molar-refractivity contribution >= 4 is 5.78 Å². The second kappa shape index (κ2) is 5.28. The molecule has 5 nitrogen and oxygen atoms in total. The second-order valence-electron chi connectivity index (χ2n) is 9.98. The van der Waals surface area contributed by atoms with Gasteiger partial charge in [-0.25, -0.2) is 0 Å². The van der Waals surface area contributed by atoms with Gasteiger partial charge in [0.15, 0.2) is 5.78 Å². The molecule has 142 valence electrons. The van der Waals surface area contributed by atoms with Gasteiger partial charge in [0.1, 0.15) is 6.10 Å². The van der Waals surface area contributed by atoms with Gasteiger partial charge in [-0.05, 0) is 43.4 Å². The monoisotopic (exact) mass is 352 g/mol. The molecule has 5 heteroatoms. The maximum absolute atomic E-state index is 13.4. The maximum atomic E-state index is 13.4. The predicted molar refractivity (Wildman–Crippen MR) is 91.7 cm³/mol. The summed E-state index contributed by atoms with van der Waals surface area (Å²) in [5.41, 5.74) is -2.50. The highest BCUT2D eigenvalue weighted by molar-refractivity contribution is 5.90. The van der Waals surface area contributed by atoms with E-state index in [1.165, 1.54) is 0 Å². The molecule has 3 saturated carbocycles. The number of hydrogen-bond acceptors (Lipinski definition) is 5. The number of aliphatic hydroxyl groups is 3. The fourth-order valence-electron chi connectivity index (χ4n) is 6.73. The average molecular weight is 352 g/mol. The molecule has 3 unspecified atom stereocenters. The second-order valence-corrected chi connectivity index (χ2v) is 9.98. The Hall–Kier alpha value is -0.490. The first-order chi connectivity index (χ1) is 11.5. The van der Waals surface area contributed by atoms with E-state index in [1.54, 1.807) is 0 Å². The standard InChI is InChI=1S/C20H32O5/c1-10-5-6-20(24)8-12-11-9-25-13(11)7-14(21)19(12,4)17(23)16(22)15(10)18(20,2)3/h10-16,21-22,24H,5-9H2,1-4H3/t10?,11-,12?,13+,14-,15?,16+,19-,20+/m0/s1. The van der Waals surface area contributed by atoms with Crippen molar-refractivity contribution in [2.24, 2.45) is 34.5 Å². The fourth-order valence-corrected chi connectivity index (χ4v) is 6.73. The van der Waals surface area contributed by atoms with Crippen molar-refractivity contribution in [1.82, 2.24) is 0 Å². The Morgan fingerprint density at radius 1 is 1.20 bits per heavy atom. The molecule has 9 atom stereocenters. The smallest absolute Gasteiger partial charge is 0.170 e. The number of fused-ring (bicyclic) bond motifs is 5. The van der Waals surface area contributed by atoms with Crippen molar-refractivity contribution in [2.75, 3.05) is 6.61 Å². The first-order valence-electron chi connectivity index (χ1n) is 9.78. The van der Waals surface area contributed by atoms with Crippen LogP contribution in [-0.4, -0.2) is 51.6 Å². The Morgan fingerprint density at radius 2 is 1.88 bits per heavy atom. The summed E-state index contributed by atoms with van der Waals surface area (Å²) >= 11 is 0. The van der Waals surface area contributed by atoms with Crippen LogP contribution in [0.2, 0.25) is 0 Å². The summed E-state index contributed by atoms with van der Waals surface area (Å²) in [5, 5.41) is 33.6. The van der Waals surface area contributed by atoms with Crippen molar-refractivity contribution in [1.29, 1.82) is 0 Å². The number of hydrogen-bond donors (Lipinski definition) is 3. The number of aliphatic hydroxyl groups excluding tert-OH is 2. The summed E-state index contributed by atoms with van der Waals surface area (Å²) in [4.78, 5) is 13.4. The maximum Gasteiger partial charge on any atom is 0.170 e. The highest BCUT2D eigenvalue weighted by atomic mass is 16.5. The van der Waals surface area contributed by atoms with Gasteiger partial charge in [-0.15, -0.1) is 0 Å². The molecule has 0 aromatic heterocycles. The van der Waals surface area contributed by atoms with Gasteiger partial charge in [0.2, 0.25) is 0 Å². The number of rotatable bonds is 0. The Morgan fingerprint density at radius 3 is 2.48 bits per heavy atom. The molecule has 3 aliphatic carbocycles. The van der Waals surface area contributed by atoms with Crippen LogP contribution in [0.1, 0.15) is 53.4 Å². The minimum atomic E-state index is -1.14. The normalized spacial score (nSPS) is 57.6. The van der Waals surface area contributed by atoms with Gasteiger partial charge in [0.05, 0.1) is 29.8 Å². The van der Waals surface area contributed by atoms with Crippen LogP contribution in [0.4, 0.5) is 0 Å². The highest BCUT2D eigenvalue weighted by Gasteiger charge is 2.67. The largest absolute Gasteiger partial charge is 0.392 e. The molecule has 25 heavy (non-hydrogen) atoms. The summed E-state index contributed by atoms with van der Waals surface area (Å²) in [6.07, 6.45) is 0.435. The summed E-state index contributed by atoms with van der Waals surface area (Å²) < 4.78 is 5.62. The van der Waals surface area contributed by atoms with Crippen molar-refractivity contribution in [2.45, 2.75) is 77.3 Å². The third kappa shape index (κ3) is 2.07. The van der Waals surface area contributed by atoms with E-state index in [4.69, 9.17) is 4.74 Å². The van der Waals surface area contributed by atoms with E-state index in [9.17, 15) is 20.1 Å². The van der Waals surface area contributed by atoms with Gasteiger partial charge >= 0.3 is 0 Å². The quantitative estimate of drug-likeness (QED) is 0.615. The zero-order valence-corrected chi connectivity index (χ0v) is 15.7. The topological polar surface area (TPSA) is 87.0 Å². The molecule has 3 N–H and O–H groups in total. The lowest BCUT2D eigenvalue weighted by Gasteiger charge is -2.64. The van der Waals surface area contributed by atoms with Crippen LogP contribution >= 0.6 is 0 Å². The van der Waals surface area contributed by atoms with Gasteiger partial charge in [-0.2, -0.15) is 0 Å². The summed E-state index contributed by atoms with van der Waals surface area (Å²) in [7, 11) is 0. The first kappa shape index (κ1) is 17.9. The van der Waals surface area contributed by atoms with Crippen LogP contribution in [0.5, 0.6) is 0 Å². The Bertz CT molecular complexity index is 589. The Balaban J connectivity index is 1.85. The van der Waals surface area contributed by atoms with Crippen molar-refractivity contribution in [3.8, 4) is 0 Å². The first-order valence-corrected chi connectivity index (χ1v) is 9.78. The number of ketones is 1. The summed E-state index contributed by atoms with van der Waals surface area (Å²) in [6, 6.07) is 0. The highest BCUT2D eigenvalue weighted by Crippen LogP contribution is 2.62. The van der Waals surface area contributed by atoms with E-state index in [0.717, 1.165) is 6.42 Å². The van der Waals surface area contributed by atoms with E-state index >= 15 is 0 Å². The number of carbonyl (C=O) groups excluding carboxylic acids is 1. The molecule has 0 aromatic carbocycles. The molecule has 4 aliphatic rings. The van der Waals surface area contributed by atoms with Crippen molar-refractivity contribution in [3.63, 3.8) is 0 Å². The molecule has 0 radical (unpaired) electrons. The number of Topliss-reactive ketones (excluding diaryl/α,β-unsaturated/α-hetero) is 1. The number of carbonyl (C=O) groups is 1. The van der Waals surface area contributed by atoms with Crippen LogP contribution in [0.25, 0.3) is 0 Å². The SMILES string of the molecule is CC1CC[C@@]2(O)CC3[C@@H]4CO[C@@H]4C[C@H](O)[C@@]3(C)C(=O)[C@H](O)C1C2(C)C. The van der Waals surface area contributed by atoms with Crippen LogP contribution in [0.3, 0.4) is 0 Å². The lowest BCUT2D eigenvalue weighted by molar-refractivity contribution is -0.259. The lowest BCUT2D eigenvalue weighted by Crippen LogP contribution is -2.70. The fraction of sp³-hybridized carbons (Fsp3) is 0.950. The average Bonchev–Trinajstić information content (AvgIpc) is 2.51. The Kier molecular flexibility index (Phi) is 3.78. The molecule has 0 aromatic rings. The van der Waals surface area contributed by atoms with Gasteiger partial charge in [0, 0.05) is 18.3 Å². The van der Waals surface area contributed by atoms with Gasteiger partial charge in [-0.1, -0.05) is 20.8 Å². The third-order valence-electron chi connectivity index (χ3n) is 8.77. The minimum Gasteiger partial charge on any atom is -0.392 e. The van der Waals surface area contributed by atoms with Crippen molar-refractivity contribution in [3.05, 3.63) is 0 Å². The molecule has 1 aliphatic heterocycles. The minimum absolute atomic E-state index is 0.0255. The van der Waals surface area contributed by atoms with Gasteiger partial charge in [-0.3, -0.25) is 4.79 Å². The van der Waals surface area contributed by atoms with E-state index < -0.39 is 28.6 Å². The molecule has 4 rings (SSSR count). The molecule has 0 spiro atoms. The molecular weight excluding hydrogens is 320 g/mol. The lowest BCUT2D eigenvalue weighted by atomic mass is 9.44. The molecule has 1 saturated heterocycles. The van der Waals surface area contributed by atoms with E-state index in [1.807, 2.05) is 20.8 Å². The zero-order chi connectivity index (χ0) is 18.4. The van der Waals surface area contributed by atoms with Crippen LogP contribution in [0.15, 0.2) is 0 Å². The van der Waals surface area contributed by atoms with Crippen LogP contribution in [-0.2, 0) is 9.53 Å². The van der Waals surface area contributed by atoms with Crippen LogP contribution < -0.4 is 0 Å². The molecule has 0 amide bonds. The third-order valence-corrected chi connectivity index (χ3v) is 8.77. The molecule has 4 fully saturated rings. The van der Waals surface area contributed by atoms with Gasteiger partial charge in [0.25, 0.3) is 0 Å². The van der Waals surface area contributed by atoms with E-state index in [2.05, 4.69) is 6.92 Å². The number of ether oxygens (including phenoxy) is 1. The van der Waals surface area contributed by atoms with E-state index in [-0.39, 0.29) is 35.6 Å². The Labute approximate surface area is 149 Å². The van der Waals surface area contributed by atoms with Gasteiger partial charge < -0.3 is 20.1 Å². The molecule has 1 heterocycles. The van der Waals surface area contributed by atoms with E-state index in [0.29, 0.717) is 25.9 Å². The van der Waals surface area contributed by atoms with Crippen LogP contribution in [0, 0.1) is 34.5 Å².